The Morgan fingerprint density at radius 3 is 2.36 bits per heavy atom. The Morgan fingerprint density at radius 1 is 1.09 bits per heavy atom. The van der Waals surface area contributed by atoms with Gasteiger partial charge in [0.1, 0.15) is 6.54 Å². The minimum absolute atomic E-state index is 0.441. The minimum atomic E-state index is -6.00. The molecule has 0 saturated carbocycles. The Hall–Kier alpha value is -1.53. The second kappa shape index (κ2) is 7.16. The molecule has 0 bridgehead atoms. The van der Waals surface area contributed by atoms with Gasteiger partial charge in [-0.1, -0.05) is 37.3 Å². The normalized spacial score (nSPS) is 24.8. The molecular weight excluding hydrogens is 297 g/mol. The Bertz CT molecular complexity index is 512. The Balaban J connectivity index is 0.000000309. The van der Waals surface area contributed by atoms with Gasteiger partial charge in [0.2, 0.25) is 6.04 Å². The van der Waals surface area contributed by atoms with Crippen molar-refractivity contribution in [3.63, 3.8) is 0 Å². The van der Waals surface area contributed by atoms with E-state index in [1.807, 2.05) is 0 Å². The van der Waals surface area contributed by atoms with Gasteiger partial charge in [-0.05, 0) is 12.3 Å². The van der Waals surface area contributed by atoms with Gasteiger partial charge in [0.15, 0.2) is 6.61 Å². The molecule has 122 valence electrons. The van der Waals surface area contributed by atoms with Crippen LogP contribution in [-0.2, 0) is 4.74 Å². The van der Waals surface area contributed by atoms with Gasteiger partial charge in [0.25, 0.3) is 0 Å². The zero-order chi connectivity index (χ0) is 16.2. The van der Waals surface area contributed by atoms with E-state index in [0.29, 0.717) is 6.04 Å². The van der Waals surface area contributed by atoms with Gasteiger partial charge in [-0.3, -0.25) is 0 Å². The highest BCUT2D eigenvalue weighted by molar-refractivity contribution is 6.50. The summed E-state index contributed by atoms with van der Waals surface area (Å²) in [6, 6.07) is 11.2. The van der Waals surface area contributed by atoms with Crippen LogP contribution in [0.15, 0.2) is 30.3 Å². The van der Waals surface area contributed by atoms with Gasteiger partial charge in [0, 0.05) is 12.0 Å². The first-order valence-electron chi connectivity index (χ1n) is 7.52. The molecule has 0 radical (unpaired) electrons. The standard InChI is InChI=1S/C15H20NO.BF4/c1-12-7-8-15-16(10-9-12)14(11-17-15)13-5-3-2-4-6-13;2-1(3,4)5/h2-6,12,14H,7-11H2,1H3;/q+1;-1/t12-,14+;/m1./s1. The quantitative estimate of drug-likeness (QED) is 0.427. The van der Waals surface area contributed by atoms with Crippen molar-refractivity contribution in [1.82, 2.24) is 0 Å². The molecule has 0 N–H and O–H groups in total. The fourth-order valence-electron chi connectivity index (χ4n) is 2.84. The lowest BCUT2D eigenvalue weighted by atomic mass is 10.0. The van der Waals surface area contributed by atoms with Crippen molar-refractivity contribution >= 4 is 13.2 Å². The van der Waals surface area contributed by atoms with Crippen LogP contribution in [0.3, 0.4) is 0 Å². The third-order valence-electron chi connectivity index (χ3n) is 4.00. The van der Waals surface area contributed by atoms with E-state index in [1.165, 1.54) is 24.3 Å². The Labute approximate surface area is 127 Å². The van der Waals surface area contributed by atoms with E-state index < -0.39 is 7.25 Å². The zero-order valence-electron chi connectivity index (χ0n) is 12.5. The van der Waals surface area contributed by atoms with Crippen LogP contribution >= 0.6 is 0 Å². The second-order valence-electron chi connectivity index (χ2n) is 5.75. The highest BCUT2D eigenvalue weighted by Crippen LogP contribution is 2.28. The van der Waals surface area contributed by atoms with E-state index in [2.05, 4.69) is 41.8 Å². The summed E-state index contributed by atoms with van der Waals surface area (Å²) in [6.45, 7) is 4.32. The number of halogens is 4. The average Bonchev–Trinajstić information content (AvgIpc) is 2.76. The lowest BCUT2D eigenvalue weighted by molar-refractivity contribution is -0.563. The lowest BCUT2D eigenvalue weighted by Gasteiger charge is -2.09. The van der Waals surface area contributed by atoms with Gasteiger partial charge in [-0.15, -0.1) is 0 Å². The van der Waals surface area contributed by atoms with Gasteiger partial charge in [-0.2, -0.15) is 4.58 Å². The van der Waals surface area contributed by atoms with Crippen LogP contribution in [0.2, 0.25) is 0 Å². The fraction of sp³-hybridized carbons (Fsp3) is 0.533. The largest absolute Gasteiger partial charge is 0.673 e. The maximum Gasteiger partial charge on any atom is 0.673 e. The summed E-state index contributed by atoms with van der Waals surface area (Å²) in [5.74, 6) is 2.05. The summed E-state index contributed by atoms with van der Waals surface area (Å²) in [6.07, 6.45) is 3.67. The van der Waals surface area contributed by atoms with Gasteiger partial charge in [-0.25, -0.2) is 0 Å². The molecule has 2 nitrogen and oxygen atoms in total. The molecule has 1 aromatic carbocycles. The highest BCUT2D eigenvalue weighted by Gasteiger charge is 2.37. The van der Waals surface area contributed by atoms with Crippen molar-refractivity contribution in [1.29, 1.82) is 0 Å². The van der Waals surface area contributed by atoms with Crippen LogP contribution in [0.5, 0.6) is 0 Å². The molecule has 22 heavy (non-hydrogen) atoms. The predicted molar refractivity (Wildman–Crippen MR) is 78.5 cm³/mol. The zero-order valence-corrected chi connectivity index (χ0v) is 12.5. The first-order chi connectivity index (χ1) is 10.3. The Kier molecular flexibility index (Phi) is 5.48. The topological polar surface area (TPSA) is 12.2 Å². The van der Waals surface area contributed by atoms with Crippen LogP contribution < -0.4 is 0 Å². The molecule has 3 rings (SSSR count). The van der Waals surface area contributed by atoms with E-state index in [-0.39, 0.29) is 0 Å². The molecule has 2 aliphatic heterocycles. The van der Waals surface area contributed by atoms with E-state index in [1.54, 1.807) is 0 Å². The molecule has 0 spiro atoms. The van der Waals surface area contributed by atoms with Crippen molar-refractivity contribution in [2.45, 2.75) is 32.2 Å². The Morgan fingerprint density at radius 2 is 1.73 bits per heavy atom. The number of ether oxygens (including phenoxy) is 1. The van der Waals surface area contributed by atoms with E-state index in [4.69, 9.17) is 4.74 Å². The molecule has 1 aromatic rings. The van der Waals surface area contributed by atoms with Crippen molar-refractivity contribution in [2.24, 2.45) is 5.92 Å². The molecule has 0 aromatic heterocycles. The van der Waals surface area contributed by atoms with Gasteiger partial charge >= 0.3 is 13.2 Å². The first kappa shape index (κ1) is 16.8. The number of hydrogen-bond acceptors (Lipinski definition) is 1. The fourth-order valence-corrected chi connectivity index (χ4v) is 2.84. The lowest BCUT2D eigenvalue weighted by Crippen LogP contribution is -2.20. The summed E-state index contributed by atoms with van der Waals surface area (Å²) in [7, 11) is -6.00. The van der Waals surface area contributed by atoms with Crippen LogP contribution in [0.25, 0.3) is 0 Å². The van der Waals surface area contributed by atoms with E-state index >= 15 is 0 Å². The summed E-state index contributed by atoms with van der Waals surface area (Å²) in [5.41, 5.74) is 1.39. The summed E-state index contributed by atoms with van der Waals surface area (Å²) in [4.78, 5) is 0. The first-order valence-corrected chi connectivity index (χ1v) is 7.52. The number of nitrogens with zero attached hydrogens (tertiary/aromatic N) is 1. The number of rotatable bonds is 1. The van der Waals surface area contributed by atoms with Crippen LogP contribution in [0.1, 0.15) is 37.8 Å². The van der Waals surface area contributed by atoms with Crippen LogP contribution in [0.4, 0.5) is 17.3 Å². The number of benzene rings is 1. The molecule has 0 saturated heterocycles. The van der Waals surface area contributed by atoms with Crippen LogP contribution in [-0.4, -0.2) is 30.9 Å². The predicted octanol–water partition coefficient (Wildman–Crippen LogP) is 4.29. The van der Waals surface area contributed by atoms with Crippen molar-refractivity contribution in [2.75, 3.05) is 13.2 Å². The average molecular weight is 317 g/mol. The third-order valence-corrected chi connectivity index (χ3v) is 4.00. The third kappa shape index (κ3) is 5.03. The highest BCUT2D eigenvalue weighted by atomic mass is 19.5. The molecule has 2 atom stereocenters. The van der Waals surface area contributed by atoms with Gasteiger partial charge in [0.05, 0.1) is 6.42 Å². The summed E-state index contributed by atoms with van der Waals surface area (Å²) in [5, 5.41) is 0. The molecule has 2 aliphatic rings. The summed E-state index contributed by atoms with van der Waals surface area (Å²) < 4.78 is 47.4. The summed E-state index contributed by atoms with van der Waals surface area (Å²) >= 11 is 0. The van der Waals surface area contributed by atoms with Crippen molar-refractivity contribution in [3.8, 4) is 0 Å². The molecule has 0 aliphatic carbocycles. The van der Waals surface area contributed by atoms with Crippen molar-refractivity contribution < 1.29 is 26.6 Å². The molecule has 0 amide bonds. The second-order valence-corrected chi connectivity index (χ2v) is 5.75. The molecule has 7 heteroatoms. The van der Waals surface area contributed by atoms with Crippen molar-refractivity contribution in [3.05, 3.63) is 35.9 Å². The van der Waals surface area contributed by atoms with E-state index in [9.17, 15) is 17.3 Å². The van der Waals surface area contributed by atoms with Gasteiger partial charge < -0.3 is 22.0 Å². The molecule has 0 unspecified atom stereocenters. The monoisotopic (exact) mass is 317 g/mol. The molecule has 0 fully saturated rings. The minimum Gasteiger partial charge on any atom is -0.441 e. The van der Waals surface area contributed by atoms with E-state index in [0.717, 1.165) is 25.5 Å². The smallest absolute Gasteiger partial charge is 0.441 e. The molecular formula is C15H20BF4NO. The van der Waals surface area contributed by atoms with Crippen LogP contribution in [0, 0.1) is 5.92 Å². The molecule has 2 heterocycles. The maximum atomic E-state index is 9.75. The maximum absolute atomic E-state index is 9.75. The number of hydrogen-bond donors (Lipinski definition) is 0. The SMILES string of the molecule is C[C@@H]1CCC2=[N+](CC1)[C@H](c1ccccc1)CO2.F[B-](F)(F)F.